The Morgan fingerprint density at radius 1 is 1.25 bits per heavy atom. The molecule has 5 nitrogen and oxygen atoms in total. The molecule has 1 aromatic heterocycles. The maximum Gasteiger partial charge on any atom is 0.135 e. The van der Waals surface area contributed by atoms with Gasteiger partial charge in [0.15, 0.2) is 0 Å². The van der Waals surface area contributed by atoms with Crippen molar-refractivity contribution in [3.63, 3.8) is 0 Å². The highest BCUT2D eigenvalue weighted by molar-refractivity contribution is 7.10. The molecular weight excluding hydrogens is 270 g/mol. The number of likely N-dealkylation sites (N-methyl/N-ethyl adjacent to an activating group) is 1. The van der Waals surface area contributed by atoms with E-state index < -0.39 is 0 Å². The highest BCUT2D eigenvalue weighted by Crippen LogP contribution is 2.33. The third-order valence-corrected chi connectivity index (χ3v) is 4.30. The Morgan fingerprint density at radius 2 is 2.05 bits per heavy atom. The van der Waals surface area contributed by atoms with E-state index in [0.29, 0.717) is 0 Å². The first-order valence-corrected chi connectivity index (χ1v) is 7.67. The van der Waals surface area contributed by atoms with Crippen molar-refractivity contribution in [2.75, 3.05) is 41.8 Å². The van der Waals surface area contributed by atoms with Gasteiger partial charge in [-0.1, -0.05) is 16.6 Å². The minimum atomic E-state index is 0.809. The van der Waals surface area contributed by atoms with Gasteiger partial charge < -0.3 is 15.1 Å². The van der Waals surface area contributed by atoms with Crippen molar-refractivity contribution in [3.8, 4) is 0 Å². The number of nitrogens with zero attached hydrogens (tertiary/aromatic N) is 4. The van der Waals surface area contributed by atoms with E-state index in [2.05, 4.69) is 62.9 Å². The number of para-hydroxylation sites is 2. The normalized spacial score (nSPS) is 14.3. The fourth-order valence-corrected chi connectivity index (χ4v) is 3.16. The van der Waals surface area contributed by atoms with Gasteiger partial charge in [0, 0.05) is 38.2 Å². The largest absolute Gasteiger partial charge is 0.374 e. The van der Waals surface area contributed by atoms with E-state index in [-0.39, 0.29) is 0 Å². The molecule has 2 heterocycles. The van der Waals surface area contributed by atoms with E-state index >= 15 is 0 Å². The van der Waals surface area contributed by atoms with Crippen molar-refractivity contribution < 1.29 is 0 Å². The van der Waals surface area contributed by atoms with Crippen molar-refractivity contribution in [2.24, 2.45) is 0 Å². The van der Waals surface area contributed by atoms with Crippen molar-refractivity contribution in [1.82, 2.24) is 9.59 Å². The fourth-order valence-electron chi connectivity index (χ4n) is 2.52. The number of rotatable bonds is 4. The molecule has 1 aliphatic rings. The zero-order chi connectivity index (χ0) is 13.9. The molecule has 0 amide bonds. The SMILES string of the molecule is CCNc1snnc1CN1CCN(C)c2ccccc21. The predicted molar refractivity (Wildman–Crippen MR) is 84.8 cm³/mol. The van der Waals surface area contributed by atoms with Crippen LogP contribution in [0.25, 0.3) is 0 Å². The lowest BCUT2D eigenvalue weighted by molar-refractivity contribution is 0.723. The van der Waals surface area contributed by atoms with Crippen LogP contribution in [0, 0.1) is 0 Å². The van der Waals surface area contributed by atoms with Crippen LogP contribution >= 0.6 is 11.5 Å². The van der Waals surface area contributed by atoms with Gasteiger partial charge in [0.1, 0.15) is 10.7 Å². The summed E-state index contributed by atoms with van der Waals surface area (Å²) in [6.45, 7) is 5.84. The molecule has 106 valence electrons. The van der Waals surface area contributed by atoms with Gasteiger partial charge in [-0.15, -0.1) is 5.10 Å². The number of benzene rings is 1. The van der Waals surface area contributed by atoms with Crippen LogP contribution in [-0.4, -0.2) is 36.3 Å². The van der Waals surface area contributed by atoms with Crippen LogP contribution in [0.1, 0.15) is 12.6 Å². The molecule has 0 fully saturated rings. The van der Waals surface area contributed by atoms with Crippen molar-refractivity contribution >= 4 is 27.9 Å². The summed E-state index contributed by atoms with van der Waals surface area (Å²) in [4.78, 5) is 4.68. The van der Waals surface area contributed by atoms with E-state index in [1.54, 1.807) is 0 Å². The highest BCUT2D eigenvalue weighted by Gasteiger charge is 2.21. The molecular formula is C14H19N5S. The second kappa shape index (κ2) is 5.66. The van der Waals surface area contributed by atoms with E-state index in [1.165, 1.54) is 22.9 Å². The van der Waals surface area contributed by atoms with E-state index in [9.17, 15) is 0 Å². The topological polar surface area (TPSA) is 44.3 Å². The number of fused-ring (bicyclic) bond motifs is 1. The Morgan fingerprint density at radius 3 is 2.85 bits per heavy atom. The Bertz CT molecular complexity index is 582. The number of anilines is 3. The lowest BCUT2D eigenvalue weighted by Gasteiger charge is -2.36. The standard InChI is InChI=1S/C14H19N5S/c1-3-15-14-11(16-17-20-14)10-19-9-8-18(2)12-6-4-5-7-13(12)19/h4-7,15H,3,8-10H2,1-2H3. The van der Waals surface area contributed by atoms with Crippen molar-refractivity contribution in [1.29, 1.82) is 0 Å². The average Bonchev–Trinajstić information content (AvgIpc) is 2.90. The lowest BCUT2D eigenvalue weighted by atomic mass is 10.1. The molecule has 0 radical (unpaired) electrons. The summed E-state index contributed by atoms with van der Waals surface area (Å²) in [5.41, 5.74) is 3.60. The zero-order valence-corrected chi connectivity index (χ0v) is 12.7. The third-order valence-electron chi connectivity index (χ3n) is 3.57. The molecule has 0 saturated heterocycles. The first kappa shape index (κ1) is 13.2. The number of aromatic nitrogens is 2. The minimum Gasteiger partial charge on any atom is -0.374 e. The van der Waals surface area contributed by atoms with Gasteiger partial charge in [0.25, 0.3) is 0 Å². The van der Waals surface area contributed by atoms with Crippen LogP contribution in [0.15, 0.2) is 24.3 Å². The molecule has 6 heteroatoms. The summed E-state index contributed by atoms with van der Waals surface area (Å²) in [5, 5.41) is 8.69. The van der Waals surface area contributed by atoms with E-state index in [4.69, 9.17) is 0 Å². The summed E-state index contributed by atoms with van der Waals surface area (Å²) < 4.78 is 4.07. The second-order valence-corrected chi connectivity index (χ2v) is 5.67. The molecule has 0 spiro atoms. The Labute approximate surface area is 123 Å². The molecule has 20 heavy (non-hydrogen) atoms. The predicted octanol–water partition coefficient (Wildman–Crippen LogP) is 2.43. The summed E-state index contributed by atoms with van der Waals surface area (Å²) in [6, 6.07) is 8.53. The minimum absolute atomic E-state index is 0.809. The molecule has 2 aromatic rings. The Hall–Kier alpha value is -1.82. The first-order valence-electron chi connectivity index (χ1n) is 6.89. The molecule has 0 atom stereocenters. The maximum atomic E-state index is 4.27. The summed E-state index contributed by atoms with van der Waals surface area (Å²) in [7, 11) is 2.14. The summed E-state index contributed by atoms with van der Waals surface area (Å²) >= 11 is 1.44. The van der Waals surface area contributed by atoms with Gasteiger partial charge in [-0.3, -0.25) is 0 Å². The van der Waals surface area contributed by atoms with Gasteiger partial charge in [-0.2, -0.15) is 0 Å². The zero-order valence-electron chi connectivity index (χ0n) is 11.8. The monoisotopic (exact) mass is 289 g/mol. The fraction of sp³-hybridized carbons (Fsp3) is 0.429. The number of nitrogens with one attached hydrogen (secondary N) is 1. The maximum absolute atomic E-state index is 4.27. The van der Waals surface area contributed by atoms with Crippen molar-refractivity contribution in [3.05, 3.63) is 30.0 Å². The van der Waals surface area contributed by atoms with Crippen LogP contribution in [-0.2, 0) is 6.54 Å². The van der Waals surface area contributed by atoms with Gasteiger partial charge in [-0.05, 0) is 19.1 Å². The molecule has 0 saturated carbocycles. The molecule has 1 aliphatic heterocycles. The van der Waals surface area contributed by atoms with Gasteiger partial charge in [-0.25, -0.2) is 0 Å². The average molecular weight is 289 g/mol. The molecule has 1 N–H and O–H groups in total. The molecule has 0 aliphatic carbocycles. The van der Waals surface area contributed by atoms with Crippen LogP contribution in [0.3, 0.4) is 0 Å². The third kappa shape index (κ3) is 2.43. The summed E-state index contributed by atoms with van der Waals surface area (Å²) in [6.07, 6.45) is 0. The van der Waals surface area contributed by atoms with Gasteiger partial charge in [0.05, 0.1) is 17.9 Å². The number of hydrogen-bond acceptors (Lipinski definition) is 6. The Kier molecular flexibility index (Phi) is 3.73. The van der Waals surface area contributed by atoms with Crippen LogP contribution in [0.5, 0.6) is 0 Å². The first-order chi connectivity index (χ1) is 9.79. The molecule has 0 bridgehead atoms. The van der Waals surface area contributed by atoms with Gasteiger partial charge in [0.2, 0.25) is 0 Å². The summed E-state index contributed by atoms with van der Waals surface area (Å²) in [5.74, 6) is 0. The second-order valence-electron chi connectivity index (χ2n) is 4.91. The van der Waals surface area contributed by atoms with E-state index in [0.717, 1.165) is 36.9 Å². The number of hydrogen-bond donors (Lipinski definition) is 1. The van der Waals surface area contributed by atoms with Crippen molar-refractivity contribution in [2.45, 2.75) is 13.5 Å². The van der Waals surface area contributed by atoms with Crippen LogP contribution in [0.4, 0.5) is 16.4 Å². The molecule has 0 unspecified atom stereocenters. The highest BCUT2D eigenvalue weighted by atomic mass is 32.1. The van der Waals surface area contributed by atoms with Crippen LogP contribution in [0.2, 0.25) is 0 Å². The quantitative estimate of drug-likeness (QED) is 0.936. The Balaban J connectivity index is 1.85. The van der Waals surface area contributed by atoms with Crippen LogP contribution < -0.4 is 15.1 Å². The molecule has 1 aromatic carbocycles. The lowest BCUT2D eigenvalue weighted by Crippen LogP contribution is -2.38. The molecule has 3 rings (SSSR count). The van der Waals surface area contributed by atoms with Gasteiger partial charge >= 0.3 is 0 Å². The van der Waals surface area contributed by atoms with E-state index in [1.807, 2.05) is 0 Å². The smallest absolute Gasteiger partial charge is 0.135 e.